The number of anilines is 1. The van der Waals surface area contributed by atoms with E-state index in [0.717, 1.165) is 16.5 Å². The Balaban J connectivity index is 1.68. The van der Waals surface area contributed by atoms with Crippen LogP contribution in [0.4, 0.5) is 10.6 Å². The Bertz CT molecular complexity index is 789. The molecule has 0 fully saturated rings. The van der Waals surface area contributed by atoms with Crippen molar-refractivity contribution in [3.63, 3.8) is 0 Å². The minimum atomic E-state index is -0.280. The standard InChI is InChI=1S/C17H16N4O/c1-12(13-5-3-2-4-6-13)19-17(22)21-16-8-7-14-11-18-10-9-15(14)20-16/h2-12H,1H3,(H2,19,20,21,22). The minimum absolute atomic E-state index is 0.0779. The molecule has 1 unspecified atom stereocenters. The third-order valence-corrected chi connectivity index (χ3v) is 3.38. The molecule has 0 saturated heterocycles. The summed E-state index contributed by atoms with van der Waals surface area (Å²) in [5.41, 5.74) is 1.85. The van der Waals surface area contributed by atoms with Gasteiger partial charge in [0.05, 0.1) is 11.6 Å². The molecule has 2 heterocycles. The summed E-state index contributed by atoms with van der Waals surface area (Å²) < 4.78 is 0. The number of benzene rings is 1. The van der Waals surface area contributed by atoms with Crippen LogP contribution in [-0.2, 0) is 0 Å². The molecule has 3 rings (SSSR count). The molecule has 0 aliphatic carbocycles. The first kappa shape index (κ1) is 14.0. The summed E-state index contributed by atoms with van der Waals surface area (Å²) in [5.74, 6) is 0.511. The molecule has 5 heteroatoms. The molecule has 0 bridgehead atoms. The van der Waals surface area contributed by atoms with Crippen LogP contribution in [0.5, 0.6) is 0 Å². The van der Waals surface area contributed by atoms with Gasteiger partial charge in [-0.05, 0) is 30.7 Å². The van der Waals surface area contributed by atoms with E-state index < -0.39 is 0 Å². The first-order chi connectivity index (χ1) is 10.7. The number of urea groups is 1. The molecule has 22 heavy (non-hydrogen) atoms. The maximum Gasteiger partial charge on any atom is 0.320 e. The second kappa shape index (κ2) is 6.22. The highest BCUT2D eigenvalue weighted by atomic mass is 16.2. The highest BCUT2D eigenvalue weighted by Gasteiger charge is 2.09. The molecule has 5 nitrogen and oxygen atoms in total. The van der Waals surface area contributed by atoms with Crippen molar-refractivity contribution < 1.29 is 4.79 Å². The molecule has 2 N–H and O–H groups in total. The molecule has 110 valence electrons. The van der Waals surface area contributed by atoms with E-state index in [4.69, 9.17) is 0 Å². The summed E-state index contributed by atoms with van der Waals surface area (Å²) in [5, 5.41) is 6.58. The minimum Gasteiger partial charge on any atom is -0.331 e. The van der Waals surface area contributed by atoms with E-state index in [2.05, 4.69) is 20.6 Å². The van der Waals surface area contributed by atoms with E-state index in [1.54, 1.807) is 18.5 Å². The van der Waals surface area contributed by atoms with Crippen molar-refractivity contribution in [3.8, 4) is 0 Å². The molecule has 0 aliphatic rings. The molecule has 0 spiro atoms. The van der Waals surface area contributed by atoms with Gasteiger partial charge in [-0.1, -0.05) is 30.3 Å². The number of carbonyl (C=O) groups is 1. The Morgan fingerprint density at radius 1 is 1.09 bits per heavy atom. The number of pyridine rings is 2. The van der Waals surface area contributed by atoms with Gasteiger partial charge in [0.15, 0.2) is 0 Å². The van der Waals surface area contributed by atoms with Crippen LogP contribution in [0, 0.1) is 0 Å². The molecule has 0 radical (unpaired) electrons. The number of aromatic nitrogens is 2. The Hall–Kier alpha value is -2.95. The Labute approximate surface area is 128 Å². The highest BCUT2D eigenvalue weighted by Crippen LogP contribution is 2.14. The predicted octanol–water partition coefficient (Wildman–Crippen LogP) is 3.51. The largest absolute Gasteiger partial charge is 0.331 e. The zero-order chi connectivity index (χ0) is 15.4. The quantitative estimate of drug-likeness (QED) is 0.776. The van der Waals surface area contributed by atoms with Gasteiger partial charge in [0.2, 0.25) is 0 Å². The number of fused-ring (bicyclic) bond motifs is 1. The zero-order valence-corrected chi connectivity index (χ0v) is 12.2. The number of carbonyl (C=O) groups excluding carboxylic acids is 1. The van der Waals surface area contributed by atoms with Crippen molar-refractivity contribution in [2.45, 2.75) is 13.0 Å². The van der Waals surface area contributed by atoms with Crippen LogP contribution in [-0.4, -0.2) is 16.0 Å². The van der Waals surface area contributed by atoms with Crippen LogP contribution in [0.1, 0.15) is 18.5 Å². The fourth-order valence-corrected chi connectivity index (χ4v) is 2.21. The topological polar surface area (TPSA) is 66.9 Å². The van der Waals surface area contributed by atoms with Gasteiger partial charge in [-0.15, -0.1) is 0 Å². The SMILES string of the molecule is CC(NC(=O)Nc1ccc2cnccc2n1)c1ccccc1. The predicted molar refractivity (Wildman–Crippen MR) is 86.5 cm³/mol. The van der Waals surface area contributed by atoms with Gasteiger partial charge in [-0.3, -0.25) is 10.3 Å². The zero-order valence-electron chi connectivity index (χ0n) is 12.2. The number of nitrogens with one attached hydrogen (secondary N) is 2. The monoisotopic (exact) mass is 292 g/mol. The van der Waals surface area contributed by atoms with Crippen molar-refractivity contribution in [1.82, 2.24) is 15.3 Å². The smallest absolute Gasteiger partial charge is 0.320 e. The Morgan fingerprint density at radius 2 is 1.91 bits per heavy atom. The van der Waals surface area contributed by atoms with Gasteiger partial charge in [0.1, 0.15) is 5.82 Å². The van der Waals surface area contributed by atoms with Crippen molar-refractivity contribution in [2.75, 3.05) is 5.32 Å². The number of rotatable bonds is 3. The van der Waals surface area contributed by atoms with Crippen LogP contribution in [0.2, 0.25) is 0 Å². The lowest BCUT2D eigenvalue weighted by Gasteiger charge is -2.14. The van der Waals surface area contributed by atoms with Crippen molar-refractivity contribution in [3.05, 3.63) is 66.5 Å². The lowest BCUT2D eigenvalue weighted by Crippen LogP contribution is -2.31. The average molecular weight is 292 g/mol. The number of nitrogens with zero attached hydrogens (tertiary/aromatic N) is 2. The van der Waals surface area contributed by atoms with E-state index in [-0.39, 0.29) is 12.1 Å². The fourth-order valence-electron chi connectivity index (χ4n) is 2.21. The summed E-state index contributed by atoms with van der Waals surface area (Å²) in [6, 6.07) is 14.9. The van der Waals surface area contributed by atoms with E-state index in [0.29, 0.717) is 5.82 Å². The van der Waals surface area contributed by atoms with E-state index >= 15 is 0 Å². The van der Waals surface area contributed by atoms with Gasteiger partial charge in [0, 0.05) is 17.8 Å². The highest BCUT2D eigenvalue weighted by molar-refractivity contribution is 5.90. The molecular formula is C17H16N4O. The lowest BCUT2D eigenvalue weighted by atomic mass is 10.1. The molecule has 1 aromatic carbocycles. The molecular weight excluding hydrogens is 276 g/mol. The normalized spacial score (nSPS) is 11.9. The Kier molecular flexibility index (Phi) is 3.96. The molecule has 2 aromatic heterocycles. The summed E-state index contributed by atoms with van der Waals surface area (Å²) in [7, 11) is 0. The van der Waals surface area contributed by atoms with E-state index in [1.807, 2.05) is 49.4 Å². The summed E-state index contributed by atoms with van der Waals surface area (Å²) >= 11 is 0. The second-order valence-corrected chi connectivity index (χ2v) is 5.00. The molecule has 0 saturated carbocycles. The summed E-state index contributed by atoms with van der Waals surface area (Å²) in [6.45, 7) is 1.94. The Morgan fingerprint density at radius 3 is 2.73 bits per heavy atom. The second-order valence-electron chi connectivity index (χ2n) is 5.00. The van der Waals surface area contributed by atoms with E-state index in [9.17, 15) is 4.79 Å². The van der Waals surface area contributed by atoms with Gasteiger partial charge < -0.3 is 5.32 Å². The first-order valence-electron chi connectivity index (χ1n) is 7.05. The summed E-state index contributed by atoms with van der Waals surface area (Å²) in [4.78, 5) is 20.5. The van der Waals surface area contributed by atoms with Crippen LogP contribution < -0.4 is 10.6 Å². The van der Waals surface area contributed by atoms with Gasteiger partial charge in [-0.25, -0.2) is 9.78 Å². The van der Waals surface area contributed by atoms with Gasteiger partial charge >= 0.3 is 6.03 Å². The molecule has 3 aromatic rings. The first-order valence-corrected chi connectivity index (χ1v) is 7.05. The number of amides is 2. The third-order valence-electron chi connectivity index (χ3n) is 3.38. The summed E-state index contributed by atoms with van der Waals surface area (Å²) in [6.07, 6.45) is 3.42. The van der Waals surface area contributed by atoms with Crippen LogP contribution in [0.15, 0.2) is 60.9 Å². The van der Waals surface area contributed by atoms with Crippen LogP contribution in [0.25, 0.3) is 10.9 Å². The lowest BCUT2D eigenvalue weighted by molar-refractivity contribution is 0.249. The average Bonchev–Trinajstić information content (AvgIpc) is 2.55. The van der Waals surface area contributed by atoms with E-state index in [1.165, 1.54) is 0 Å². The molecule has 2 amide bonds. The molecule has 0 aliphatic heterocycles. The van der Waals surface area contributed by atoms with Crippen molar-refractivity contribution in [1.29, 1.82) is 0 Å². The number of hydrogen-bond acceptors (Lipinski definition) is 3. The van der Waals surface area contributed by atoms with Crippen LogP contribution >= 0.6 is 0 Å². The van der Waals surface area contributed by atoms with Gasteiger partial charge in [-0.2, -0.15) is 0 Å². The fraction of sp³-hybridized carbons (Fsp3) is 0.118. The van der Waals surface area contributed by atoms with Gasteiger partial charge in [0.25, 0.3) is 0 Å². The van der Waals surface area contributed by atoms with Crippen molar-refractivity contribution in [2.24, 2.45) is 0 Å². The van der Waals surface area contributed by atoms with Crippen molar-refractivity contribution >= 4 is 22.8 Å². The maximum absolute atomic E-state index is 12.1. The van der Waals surface area contributed by atoms with Crippen LogP contribution in [0.3, 0.4) is 0 Å². The maximum atomic E-state index is 12.1. The number of hydrogen-bond donors (Lipinski definition) is 2. The third kappa shape index (κ3) is 3.20. The molecule has 1 atom stereocenters.